The van der Waals surface area contributed by atoms with E-state index in [0.29, 0.717) is 24.9 Å². The Morgan fingerprint density at radius 1 is 1.53 bits per heavy atom. The molecule has 0 aliphatic heterocycles. The number of carbonyl (C=O) groups excluding carboxylic acids is 1. The summed E-state index contributed by atoms with van der Waals surface area (Å²) in [6.07, 6.45) is 6.24. The molecule has 2 rings (SSSR count). The third-order valence-electron chi connectivity index (χ3n) is 3.65. The summed E-state index contributed by atoms with van der Waals surface area (Å²) in [5.74, 6) is 0.510. The topological polar surface area (TPSA) is 59.2 Å². The quantitative estimate of drug-likeness (QED) is 0.851. The molecule has 1 aliphatic carbocycles. The minimum absolute atomic E-state index is 0.0531. The SMILES string of the molecule is CC(C)C(N)CC(=O)N(Cc1cccnc1)C1CC1. The van der Waals surface area contributed by atoms with Gasteiger partial charge in [0.15, 0.2) is 0 Å². The third kappa shape index (κ3) is 4.03. The average Bonchev–Trinajstić information content (AvgIpc) is 3.21. The highest BCUT2D eigenvalue weighted by Crippen LogP contribution is 2.29. The van der Waals surface area contributed by atoms with Crippen LogP contribution in [-0.2, 0) is 11.3 Å². The minimum atomic E-state index is -0.0531. The van der Waals surface area contributed by atoms with Crippen LogP contribution in [-0.4, -0.2) is 27.9 Å². The van der Waals surface area contributed by atoms with Gasteiger partial charge >= 0.3 is 0 Å². The highest BCUT2D eigenvalue weighted by atomic mass is 16.2. The molecule has 4 nitrogen and oxygen atoms in total. The fraction of sp³-hybridized carbons (Fsp3) is 0.600. The number of amides is 1. The Hall–Kier alpha value is -1.42. The van der Waals surface area contributed by atoms with Crippen molar-refractivity contribution in [2.24, 2.45) is 11.7 Å². The van der Waals surface area contributed by atoms with Crippen molar-refractivity contribution < 1.29 is 4.79 Å². The molecule has 4 heteroatoms. The maximum atomic E-state index is 12.4. The van der Waals surface area contributed by atoms with Crippen LogP contribution in [0.1, 0.15) is 38.7 Å². The smallest absolute Gasteiger partial charge is 0.224 e. The Morgan fingerprint density at radius 2 is 2.26 bits per heavy atom. The first-order valence-electron chi connectivity index (χ1n) is 7.02. The van der Waals surface area contributed by atoms with Crippen LogP contribution in [0.15, 0.2) is 24.5 Å². The van der Waals surface area contributed by atoms with Crippen LogP contribution in [0.2, 0.25) is 0 Å². The van der Waals surface area contributed by atoms with Crippen LogP contribution in [0.5, 0.6) is 0 Å². The number of pyridine rings is 1. The van der Waals surface area contributed by atoms with E-state index in [-0.39, 0.29) is 11.9 Å². The van der Waals surface area contributed by atoms with E-state index in [1.807, 2.05) is 23.2 Å². The fourth-order valence-corrected chi connectivity index (χ4v) is 2.05. The lowest BCUT2D eigenvalue weighted by Crippen LogP contribution is -2.38. The van der Waals surface area contributed by atoms with Crippen molar-refractivity contribution in [3.8, 4) is 0 Å². The normalized spacial score (nSPS) is 16.4. The van der Waals surface area contributed by atoms with Gasteiger partial charge in [0.1, 0.15) is 0 Å². The van der Waals surface area contributed by atoms with Crippen molar-refractivity contribution in [3.63, 3.8) is 0 Å². The second kappa shape index (κ2) is 6.15. The standard InChI is InChI=1S/C15H23N3O/c1-11(2)14(16)8-15(19)18(13-5-6-13)10-12-4-3-7-17-9-12/h3-4,7,9,11,13-14H,5-6,8,10,16H2,1-2H3. The Balaban J connectivity index is 1.98. The molecule has 1 atom stereocenters. The number of aromatic nitrogens is 1. The molecule has 2 N–H and O–H groups in total. The summed E-state index contributed by atoms with van der Waals surface area (Å²) in [7, 11) is 0. The van der Waals surface area contributed by atoms with Crippen LogP contribution in [0, 0.1) is 5.92 Å². The Labute approximate surface area is 115 Å². The number of hydrogen-bond donors (Lipinski definition) is 1. The first-order chi connectivity index (χ1) is 9.08. The third-order valence-corrected chi connectivity index (χ3v) is 3.65. The lowest BCUT2D eigenvalue weighted by molar-refractivity contribution is -0.133. The van der Waals surface area contributed by atoms with E-state index < -0.39 is 0 Å². The molecule has 1 aromatic heterocycles. The van der Waals surface area contributed by atoms with Crippen LogP contribution in [0.3, 0.4) is 0 Å². The van der Waals surface area contributed by atoms with Crippen LogP contribution >= 0.6 is 0 Å². The van der Waals surface area contributed by atoms with E-state index >= 15 is 0 Å². The average molecular weight is 261 g/mol. The predicted molar refractivity (Wildman–Crippen MR) is 75.2 cm³/mol. The van der Waals surface area contributed by atoms with Crippen molar-refractivity contribution in [3.05, 3.63) is 30.1 Å². The molecule has 1 aliphatic rings. The summed E-state index contributed by atoms with van der Waals surface area (Å²) in [5.41, 5.74) is 7.09. The van der Waals surface area contributed by atoms with Crippen molar-refractivity contribution >= 4 is 5.91 Å². The van der Waals surface area contributed by atoms with Gasteiger partial charge in [-0.3, -0.25) is 9.78 Å². The van der Waals surface area contributed by atoms with Gasteiger partial charge in [-0.15, -0.1) is 0 Å². The minimum Gasteiger partial charge on any atom is -0.335 e. The summed E-state index contributed by atoms with van der Waals surface area (Å²) >= 11 is 0. The molecule has 0 radical (unpaired) electrons. The van der Waals surface area contributed by atoms with E-state index in [4.69, 9.17) is 5.73 Å². The summed E-state index contributed by atoms with van der Waals surface area (Å²) in [6.45, 7) is 4.77. The Kier molecular flexibility index (Phi) is 4.53. The van der Waals surface area contributed by atoms with Gasteiger partial charge < -0.3 is 10.6 Å². The van der Waals surface area contributed by atoms with Gasteiger partial charge in [-0.2, -0.15) is 0 Å². The van der Waals surface area contributed by atoms with Gasteiger partial charge in [0.05, 0.1) is 0 Å². The number of nitrogens with zero attached hydrogens (tertiary/aromatic N) is 2. The molecule has 1 saturated carbocycles. The van der Waals surface area contributed by atoms with E-state index in [1.165, 1.54) is 0 Å². The molecule has 0 aromatic carbocycles. The molecule has 19 heavy (non-hydrogen) atoms. The highest BCUT2D eigenvalue weighted by molar-refractivity contribution is 5.77. The zero-order valence-electron chi connectivity index (χ0n) is 11.7. The lowest BCUT2D eigenvalue weighted by Gasteiger charge is -2.25. The molecule has 0 spiro atoms. The largest absolute Gasteiger partial charge is 0.335 e. The molecule has 1 heterocycles. The summed E-state index contributed by atoms with van der Waals surface area (Å²) in [6, 6.07) is 4.28. The van der Waals surface area contributed by atoms with Gasteiger partial charge in [-0.25, -0.2) is 0 Å². The van der Waals surface area contributed by atoms with E-state index in [1.54, 1.807) is 6.20 Å². The molecule has 104 valence electrons. The summed E-state index contributed by atoms with van der Waals surface area (Å²) < 4.78 is 0. The zero-order valence-corrected chi connectivity index (χ0v) is 11.7. The highest BCUT2D eigenvalue weighted by Gasteiger charge is 2.33. The van der Waals surface area contributed by atoms with Gasteiger partial charge in [0.25, 0.3) is 0 Å². The molecule has 1 aromatic rings. The van der Waals surface area contributed by atoms with Gasteiger partial charge in [-0.1, -0.05) is 19.9 Å². The second-order valence-corrected chi connectivity index (χ2v) is 5.73. The molecular formula is C15H23N3O. The maximum absolute atomic E-state index is 12.4. The first-order valence-corrected chi connectivity index (χ1v) is 7.02. The second-order valence-electron chi connectivity index (χ2n) is 5.73. The van der Waals surface area contributed by atoms with Crippen molar-refractivity contribution in [1.82, 2.24) is 9.88 Å². The van der Waals surface area contributed by atoms with Gasteiger partial charge in [-0.05, 0) is 30.4 Å². The van der Waals surface area contributed by atoms with E-state index in [9.17, 15) is 4.79 Å². The monoisotopic (exact) mass is 261 g/mol. The fourth-order valence-electron chi connectivity index (χ4n) is 2.05. The predicted octanol–water partition coefficient (Wildman–Crippen LogP) is 1.95. The van der Waals surface area contributed by atoms with E-state index in [0.717, 1.165) is 18.4 Å². The van der Waals surface area contributed by atoms with Gasteiger partial charge in [0.2, 0.25) is 5.91 Å². The Bertz CT molecular complexity index is 415. The molecule has 1 fully saturated rings. The van der Waals surface area contributed by atoms with Crippen molar-refractivity contribution in [2.75, 3.05) is 0 Å². The molecule has 1 amide bonds. The van der Waals surface area contributed by atoms with Crippen LogP contribution in [0.25, 0.3) is 0 Å². The molecule has 1 unspecified atom stereocenters. The number of rotatable bonds is 6. The zero-order chi connectivity index (χ0) is 13.8. The number of hydrogen-bond acceptors (Lipinski definition) is 3. The molecule has 0 saturated heterocycles. The van der Waals surface area contributed by atoms with E-state index in [2.05, 4.69) is 18.8 Å². The molecular weight excluding hydrogens is 238 g/mol. The first kappa shape index (κ1) is 14.0. The maximum Gasteiger partial charge on any atom is 0.224 e. The van der Waals surface area contributed by atoms with Crippen LogP contribution < -0.4 is 5.73 Å². The number of carbonyl (C=O) groups is 1. The Morgan fingerprint density at radius 3 is 2.79 bits per heavy atom. The van der Waals surface area contributed by atoms with Crippen molar-refractivity contribution in [2.45, 2.75) is 51.7 Å². The van der Waals surface area contributed by atoms with Crippen LogP contribution in [0.4, 0.5) is 0 Å². The lowest BCUT2D eigenvalue weighted by atomic mass is 10.0. The number of nitrogens with two attached hydrogens (primary N) is 1. The molecule has 0 bridgehead atoms. The summed E-state index contributed by atoms with van der Waals surface area (Å²) in [4.78, 5) is 18.4. The van der Waals surface area contributed by atoms with Crippen molar-refractivity contribution in [1.29, 1.82) is 0 Å². The van der Waals surface area contributed by atoms with Gasteiger partial charge in [0, 0.05) is 37.4 Å². The summed E-state index contributed by atoms with van der Waals surface area (Å²) in [5, 5.41) is 0.